The van der Waals surface area contributed by atoms with Crippen LogP contribution in [-0.2, 0) is 21.2 Å². The second-order valence-corrected chi connectivity index (χ2v) is 9.74. The lowest BCUT2D eigenvalue weighted by Crippen LogP contribution is -2.26. The Bertz CT molecular complexity index is 1370. The molecule has 3 aromatic carbocycles. The van der Waals surface area contributed by atoms with Crippen LogP contribution in [0.3, 0.4) is 0 Å². The third kappa shape index (κ3) is 4.24. The highest BCUT2D eigenvalue weighted by Gasteiger charge is 2.21. The van der Waals surface area contributed by atoms with E-state index in [1.807, 2.05) is 26.0 Å². The molecule has 0 atom stereocenters. The molecule has 4 rings (SSSR count). The van der Waals surface area contributed by atoms with Gasteiger partial charge in [0.15, 0.2) is 0 Å². The van der Waals surface area contributed by atoms with Crippen molar-refractivity contribution in [3.8, 4) is 0 Å². The van der Waals surface area contributed by atoms with E-state index < -0.39 is 10.0 Å². The molecule has 7 heteroatoms. The predicted octanol–water partition coefficient (Wildman–Crippen LogP) is 5.06. The highest BCUT2D eigenvalue weighted by molar-refractivity contribution is 7.92. The molecule has 1 aromatic heterocycles. The smallest absolute Gasteiger partial charge is 0.264 e. The summed E-state index contributed by atoms with van der Waals surface area (Å²) in [4.78, 5) is 12.7. The zero-order chi connectivity index (χ0) is 22.9. The number of carbonyl (C=O) groups is 1. The number of fused-ring (bicyclic) bond motifs is 1. The Labute approximate surface area is 187 Å². The molecule has 1 heterocycles. The Morgan fingerprint density at radius 3 is 2.38 bits per heavy atom. The number of hydrogen-bond donors (Lipinski definition) is 1. The first-order valence-electron chi connectivity index (χ1n) is 10.2. The largest absolute Gasteiger partial charge is 0.464 e. The van der Waals surface area contributed by atoms with Crippen LogP contribution in [0, 0.1) is 13.8 Å². The molecule has 0 unspecified atom stereocenters. The van der Waals surface area contributed by atoms with Gasteiger partial charge in [-0.2, -0.15) is 0 Å². The summed E-state index contributed by atoms with van der Waals surface area (Å²) in [6.45, 7) is 4.00. The number of nitrogens with one attached hydrogen (secondary N) is 1. The van der Waals surface area contributed by atoms with Crippen LogP contribution in [0.2, 0.25) is 0 Å². The SMILES string of the molecule is Cc1cc(C)c2c(CC(=O)Nc3ccc(S(=O)(=O)N(C)c4ccccc4)cc3)coc2c1. The number of nitrogens with zero attached hydrogens (tertiary/aromatic N) is 1. The fraction of sp³-hybridized carbons (Fsp3) is 0.160. The van der Waals surface area contributed by atoms with Gasteiger partial charge >= 0.3 is 0 Å². The van der Waals surface area contributed by atoms with Gasteiger partial charge in [-0.05, 0) is 67.4 Å². The number of aryl methyl sites for hydroxylation is 2. The van der Waals surface area contributed by atoms with Crippen LogP contribution in [0.1, 0.15) is 16.7 Å². The summed E-state index contributed by atoms with van der Waals surface area (Å²) in [7, 11) is -2.19. The minimum Gasteiger partial charge on any atom is -0.464 e. The van der Waals surface area contributed by atoms with Crippen LogP contribution in [0.15, 0.2) is 82.3 Å². The van der Waals surface area contributed by atoms with Crippen LogP contribution >= 0.6 is 0 Å². The molecule has 0 aliphatic rings. The van der Waals surface area contributed by atoms with E-state index in [1.165, 1.54) is 23.5 Å². The van der Waals surface area contributed by atoms with Crippen molar-refractivity contribution in [3.05, 3.63) is 89.7 Å². The van der Waals surface area contributed by atoms with Gasteiger partial charge in [-0.25, -0.2) is 8.42 Å². The highest BCUT2D eigenvalue weighted by atomic mass is 32.2. The van der Waals surface area contributed by atoms with Gasteiger partial charge in [0.05, 0.1) is 23.3 Å². The zero-order valence-corrected chi connectivity index (χ0v) is 18.9. The molecule has 0 fully saturated rings. The van der Waals surface area contributed by atoms with Gasteiger partial charge < -0.3 is 9.73 Å². The number of para-hydroxylation sites is 1. The second kappa shape index (κ2) is 8.51. The van der Waals surface area contributed by atoms with E-state index in [-0.39, 0.29) is 17.2 Å². The number of amides is 1. The van der Waals surface area contributed by atoms with Crippen molar-refractivity contribution in [1.29, 1.82) is 0 Å². The van der Waals surface area contributed by atoms with Crippen LogP contribution in [0.4, 0.5) is 11.4 Å². The average Bonchev–Trinajstić information content (AvgIpc) is 3.16. The first-order chi connectivity index (χ1) is 15.3. The van der Waals surface area contributed by atoms with Crippen molar-refractivity contribution >= 4 is 38.3 Å². The molecule has 0 spiro atoms. The van der Waals surface area contributed by atoms with Gasteiger partial charge in [0, 0.05) is 23.7 Å². The topological polar surface area (TPSA) is 79.6 Å². The molecule has 32 heavy (non-hydrogen) atoms. The van der Waals surface area contributed by atoms with Gasteiger partial charge in [0.1, 0.15) is 5.58 Å². The van der Waals surface area contributed by atoms with Gasteiger partial charge in [-0.15, -0.1) is 0 Å². The summed E-state index contributed by atoms with van der Waals surface area (Å²) in [6.07, 6.45) is 1.78. The number of rotatable bonds is 6. The Kier molecular flexibility index (Phi) is 5.76. The highest BCUT2D eigenvalue weighted by Crippen LogP contribution is 2.27. The lowest BCUT2D eigenvalue weighted by Gasteiger charge is -2.19. The molecule has 0 saturated carbocycles. The Morgan fingerprint density at radius 1 is 1.00 bits per heavy atom. The third-order valence-electron chi connectivity index (χ3n) is 5.36. The van der Waals surface area contributed by atoms with Crippen LogP contribution in [0.5, 0.6) is 0 Å². The minimum absolute atomic E-state index is 0.147. The summed E-state index contributed by atoms with van der Waals surface area (Å²) in [5.41, 5.74) is 4.85. The molecule has 0 aliphatic heterocycles. The maximum absolute atomic E-state index is 12.9. The lowest BCUT2D eigenvalue weighted by molar-refractivity contribution is -0.115. The van der Waals surface area contributed by atoms with Crippen molar-refractivity contribution in [1.82, 2.24) is 0 Å². The average molecular weight is 449 g/mol. The Morgan fingerprint density at radius 2 is 1.69 bits per heavy atom. The maximum Gasteiger partial charge on any atom is 0.264 e. The third-order valence-corrected chi connectivity index (χ3v) is 7.16. The summed E-state index contributed by atoms with van der Waals surface area (Å²) in [5.74, 6) is -0.204. The number of benzene rings is 3. The first kappa shape index (κ1) is 21.6. The van der Waals surface area contributed by atoms with Gasteiger partial charge in [-0.1, -0.05) is 24.3 Å². The Hall–Kier alpha value is -3.58. The van der Waals surface area contributed by atoms with Crippen LogP contribution in [0.25, 0.3) is 11.0 Å². The first-order valence-corrected chi connectivity index (χ1v) is 11.6. The molecule has 1 amide bonds. The van der Waals surface area contributed by atoms with Crippen molar-refractivity contribution in [3.63, 3.8) is 0 Å². The maximum atomic E-state index is 12.9. The molecular formula is C25H24N2O4S. The number of carbonyl (C=O) groups excluding carboxylic acids is 1. The van der Waals surface area contributed by atoms with Crippen molar-refractivity contribution < 1.29 is 17.6 Å². The van der Waals surface area contributed by atoms with Crippen molar-refractivity contribution in [2.45, 2.75) is 25.2 Å². The van der Waals surface area contributed by atoms with E-state index in [9.17, 15) is 13.2 Å². The van der Waals surface area contributed by atoms with Crippen molar-refractivity contribution in [2.24, 2.45) is 0 Å². The van der Waals surface area contributed by atoms with E-state index in [2.05, 4.69) is 11.4 Å². The number of hydrogen-bond acceptors (Lipinski definition) is 4. The monoisotopic (exact) mass is 448 g/mol. The summed E-state index contributed by atoms with van der Waals surface area (Å²) in [6, 6.07) is 19.0. The predicted molar refractivity (Wildman–Crippen MR) is 126 cm³/mol. The van der Waals surface area contributed by atoms with Crippen molar-refractivity contribution in [2.75, 3.05) is 16.7 Å². The van der Waals surface area contributed by atoms with E-state index in [1.54, 1.807) is 42.7 Å². The zero-order valence-electron chi connectivity index (χ0n) is 18.1. The lowest BCUT2D eigenvalue weighted by atomic mass is 10.0. The molecule has 1 N–H and O–H groups in total. The van der Waals surface area contributed by atoms with Gasteiger partial charge in [-0.3, -0.25) is 9.10 Å². The fourth-order valence-corrected chi connectivity index (χ4v) is 4.98. The summed E-state index contributed by atoms with van der Waals surface area (Å²) < 4.78 is 32.6. The Balaban J connectivity index is 1.48. The quantitative estimate of drug-likeness (QED) is 0.447. The molecule has 164 valence electrons. The molecule has 4 aromatic rings. The van der Waals surface area contributed by atoms with E-state index >= 15 is 0 Å². The number of anilines is 2. The summed E-state index contributed by atoms with van der Waals surface area (Å²) in [5, 5.41) is 3.78. The molecular weight excluding hydrogens is 424 g/mol. The van der Waals surface area contributed by atoms with Gasteiger partial charge in [0.25, 0.3) is 10.0 Å². The molecule has 0 aliphatic carbocycles. The van der Waals surface area contributed by atoms with E-state index in [0.29, 0.717) is 11.4 Å². The van der Waals surface area contributed by atoms with Crippen LogP contribution in [-0.4, -0.2) is 21.4 Å². The standard InChI is InChI=1S/C25H24N2O4S/c1-17-13-18(2)25-19(16-31-23(25)14-17)15-24(28)26-20-9-11-22(12-10-20)32(29,30)27(3)21-7-5-4-6-8-21/h4-14,16H,15H2,1-3H3,(H,26,28). The molecule has 6 nitrogen and oxygen atoms in total. The second-order valence-electron chi connectivity index (χ2n) is 7.77. The van der Waals surface area contributed by atoms with Crippen LogP contribution < -0.4 is 9.62 Å². The molecule has 0 radical (unpaired) electrons. The number of furan rings is 1. The minimum atomic E-state index is -3.70. The molecule has 0 bridgehead atoms. The summed E-state index contributed by atoms with van der Waals surface area (Å²) >= 11 is 0. The number of sulfonamides is 1. The normalized spacial score (nSPS) is 11.5. The van der Waals surface area contributed by atoms with E-state index in [4.69, 9.17) is 4.42 Å². The molecule has 0 saturated heterocycles. The van der Waals surface area contributed by atoms with Gasteiger partial charge in [0.2, 0.25) is 5.91 Å². The van der Waals surface area contributed by atoms with E-state index in [0.717, 1.165) is 27.7 Å². The fourth-order valence-electron chi connectivity index (χ4n) is 3.78.